The fraction of sp³-hybridized carbons (Fsp3) is 0.133. The first-order chi connectivity index (χ1) is 11.1. The van der Waals surface area contributed by atoms with Gasteiger partial charge in [0, 0.05) is 0 Å². The van der Waals surface area contributed by atoms with Crippen molar-refractivity contribution in [1.82, 2.24) is 0 Å². The lowest BCUT2D eigenvalue weighted by atomic mass is 10.0. The third kappa shape index (κ3) is 3.85. The highest BCUT2D eigenvalue weighted by Crippen LogP contribution is 2.31. The summed E-state index contributed by atoms with van der Waals surface area (Å²) in [7, 11) is -4.76. The van der Waals surface area contributed by atoms with Gasteiger partial charge < -0.3 is 8.92 Å². The Morgan fingerprint density at radius 3 is 2.17 bits per heavy atom. The molecule has 0 aliphatic heterocycles. The molecule has 0 atom stereocenters. The summed E-state index contributed by atoms with van der Waals surface area (Å²) in [6, 6.07) is 11.6. The maximum atomic E-state index is 12.5. The molecular formula is C15H11F3O5S. The van der Waals surface area contributed by atoms with Crippen LogP contribution in [0.5, 0.6) is 5.75 Å². The highest BCUT2D eigenvalue weighted by Gasteiger charge is 2.48. The number of alkyl halides is 3. The number of methoxy groups -OCH3 is 1. The summed E-state index contributed by atoms with van der Waals surface area (Å²) in [4.78, 5) is 11.7. The van der Waals surface area contributed by atoms with E-state index in [0.29, 0.717) is 11.1 Å². The van der Waals surface area contributed by atoms with E-state index in [2.05, 4.69) is 8.92 Å². The fourth-order valence-corrected chi connectivity index (χ4v) is 2.30. The second-order valence-electron chi connectivity index (χ2n) is 4.59. The first-order valence-corrected chi connectivity index (χ1v) is 7.84. The molecule has 0 spiro atoms. The number of hydrogen-bond donors (Lipinski definition) is 0. The largest absolute Gasteiger partial charge is 0.534 e. The van der Waals surface area contributed by atoms with E-state index in [-0.39, 0.29) is 5.56 Å². The van der Waals surface area contributed by atoms with Crippen molar-refractivity contribution in [2.75, 3.05) is 7.11 Å². The van der Waals surface area contributed by atoms with Crippen molar-refractivity contribution >= 4 is 16.1 Å². The predicted molar refractivity (Wildman–Crippen MR) is 78.8 cm³/mol. The van der Waals surface area contributed by atoms with Gasteiger partial charge in [0.15, 0.2) is 0 Å². The number of rotatable bonds is 4. The molecule has 0 bridgehead atoms. The van der Waals surface area contributed by atoms with E-state index in [1.54, 1.807) is 30.3 Å². The van der Waals surface area contributed by atoms with Crippen molar-refractivity contribution in [3.05, 3.63) is 54.1 Å². The van der Waals surface area contributed by atoms with Crippen LogP contribution in [0.15, 0.2) is 48.5 Å². The Bertz CT molecular complexity index is 845. The van der Waals surface area contributed by atoms with Gasteiger partial charge in [0.1, 0.15) is 5.75 Å². The molecule has 2 rings (SSSR count). The number of carbonyl (C=O) groups excluding carboxylic acids is 1. The summed E-state index contributed by atoms with van der Waals surface area (Å²) in [6.45, 7) is 0. The first-order valence-electron chi connectivity index (χ1n) is 6.43. The van der Waals surface area contributed by atoms with Gasteiger partial charge in [-0.2, -0.15) is 21.6 Å². The first kappa shape index (κ1) is 17.8. The van der Waals surface area contributed by atoms with Crippen LogP contribution in [0.25, 0.3) is 11.1 Å². The van der Waals surface area contributed by atoms with Gasteiger partial charge in [0.25, 0.3) is 0 Å². The SMILES string of the molecule is COC(=O)c1cc(OS(=O)(=O)C(F)(F)F)cc(-c2ccccc2)c1. The minimum Gasteiger partial charge on any atom is -0.465 e. The van der Waals surface area contributed by atoms with Crippen LogP contribution in [0.2, 0.25) is 0 Å². The number of halogens is 3. The van der Waals surface area contributed by atoms with Crippen molar-refractivity contribution in [2.24, 2.45) is 0 Å². The second kappa shape index (κ2) is 6.52. The van der Waals surface area contributed by atoms with Crippen molar-refractivity contribution in [3.63, 3.8) is 0 Å². The van der Waals surface area contributed by atoms with Crippen LogP contribution in [0, 0.1) is 0 Å². The van der Waals surface area contributed by atoms with Crippen LogP contribution in [0.3, 0.4) is 0 Å². The zero-order valence-electron chi connectivity index (χ0n) is 12.2. The zero-order valence-corrected chi connectivity index (χ0v) is 13.0. The quantitative estimate of drug-likeness (QED) is 0.475. The molecule has 0 saturated heterocycles. The minimum atomic E-state index is -5.85. The molecule has 0 N–H and O–H groups in total. The lowest BCUT2D eigenvalue weighted by Crippen LogP contribution is -2.28. The Morgan fingerprint density at radius 1 is 1.00 bits per heavy atom. The molecule has 0 saturated carbocycles. The third-order valence-corrected chi connectivity index (χ3v) is 3.90. The predicted octanol–water partition coefficient (Wildman–Crippen LogP) is 3.37. The molecule has 2 aromatic carbocycles. The van der Waals surface area contributed by atoms with Crippen LogP contribution >= 0.6 is 0 Å². The Hall–Kier alpha value is -2.55. The molecule has 0 unspecified atom stereocenters. The van der Waals surface area contributed by atoms with Gasteiger partial charge in [-0.3, -0.25) is 0 Å². The number of carbonyl (C=O) groups is 1. The van der Waals surface area contributed by atoms with Gasteiger partial charge in [0.2, 0.25) is 0 Å². The van der Waals surface area contributed by atoms with E-state index in [0.717, 1.165) is 19.2 Å². The standard InChI is InChI=1S/C15H11F3O5S/c1-22-14(19)12-7-11(10-5-3-2-4-6-10)8-13(9-12)23-24(20,21)15(16,17)18/h2-9H,1H3. The second-order valence-corrected chi connectivity index (χ2v) is 6.12. The van der Waals surface area contributed by atoms with E-state index in [4.69, 9.17) is 0 Å². The highest BCUT2D eigenvalue weighted by molar-refractivity contribution is 7.88. The van der Waals surface area contributed by atoms with E-state index >= 15 is 0 Å². The summed E-state index contributed by atoms with van der Waals surface area (Å²) in [5.74, 6) is -1.49. The average molecular weight is 360 g/mol. The molecule has 0 aromatic heterocycles. The molecule has 0 heterocycles. The van der Waals surface area contributed by atoms with Gasteiger partial charge in [-0.1, -0.05) is 30.3 Å². The summed E-state index contributed by atoms with van der Waals surface area (Å²) in [6.07, 6.45) is 0. The van der Waals surface area contributed by atoms with E-state index in [1.807, 2.05) is 0 Å². The summed E-state index contributed by atoms with van der Waals surface area (Å²) in [5.41, 5.74) is -4.88. The van der Waals surface area contributed by atoms with E-state index < -0.39 is 27.3 Å². The lowest BCUT2D eigenvalue weighted by molar-refractivity contribution is -0.0500. The molecule has 0 aliphatic carbocycles. The van der Waals surface area contributed by atoms with Crippen LogP contribution in [0.4, 0.5) is 13.2 Å². The summed E-state index contributed by atoms with van der Waals surface area (Å²) < 4.78 is 68.3. The maximum Gasteiger partial charge on any atom is 0.534 e. The molecule has 5 nitrogen and oxygen atoms in total. The summed E-state index contributed by atoms with van der Waals surface area (Å²) in [5, 5.41) is 0. The molecule has 0 aliphatic rings. The zero-order chi connectivity index (χ0) is 18.0. The van der Waals surface area contributed by atoms with Crippen LogP contribution in [-0.4, -0.2) is 27.0 Å². The Labute approximate surface area is 135 Å². The van der Waals surface area contributed by atoms with E-state index in [9.17, 15) is 26.4 Å². The lowest BCUT2D eigenvalue weighted by Gasteiger charge is -2.12. The summed E-state index contributed by atoms with van der Waals surface area (Å²) >= 11 is 0. The number of hydrogen-bond acceptors (Lipinski definition) is 5. The van der Waals surface area contributed by atoms with Gasteiger partial charge in [-0.05, 0) is 29.3 Å². The third-order valence-electron chi connectivity index (χ3n) is 2.92. The molecular weight excluding hydrogens is 349 g/mol. The molecule has 0 amide bonds. The maximum absolute atomic E-state index is 12.5. The number of benzene rings is 2. The van der Waals surface area contributed by atoms with Gasteiger partial charge in [-0.25, -0.2) is 4.79 Å². The van der Waals surface area contributed by atoms with Gasteiger partial charge >= 0.3 is 21.6 Å². The monoisotopic (exact) mass is 360 g/mol. The Kier molecular flexibility index (Phi) is 4.83. The van der Waals surface area contributed by atoms with Crippen LogP contribution < -0.4 is 4.18 Å². The van der Waals surface area contributed by atoms with Crippen molar-refractivity contribution in [1.29, 1.82) is 0 Å². The molecule has 0 radical (unpaired) electrons. The highest BCUT2D eigenvalue weighted by atomic mass is 32.2. The Morgan fingerprint density at radius 2 is 1.62 bits per heavy atom. The van der Waals surface area contributed by atoms with Gasteiger partial charge in [-0.15, -0.1) is 0 Å². The molecule has 24 heavy (non-hydrogen) atoms. The van der Waals surface area contributed by atoms with Crippen molar-refractivity contribution in [3.8, 4) is 16.9 Å². The topological polar surface area (TPSA) is 69.7 Å². The Balaban J connectivity index is 2.54. The van der Waals surface area contributed by atoms with Gasteiger partial charge in [0.05, 0.1) is 12.7 Å². The minimum absolute atomic E-state index is 0.147. The van der Waals surface area contributed by atoms with Crippen molar-refractivity contribution < 1.29 is 35.3 Å². The normalized spacial score (nSPS) is 11.8. The molecule has 2 aromatic rings. The average Bonchev–Trinajstić information content (AvgIpc) is 2.53. The fourth-order valence-electron chi connectivity index (χ4n) is 1.85. The smallest absolute Gasteiger partial charge is 0.465 e. The molecule has 128 valence electrons. The number of esters is 1. The van der Waals surface area contributed by atoms with E-state index in [1.165, 1.54) is 6.07 Å². The molecule has 9 heteroatoms. The molecule has 0 fully saturated rings. The van der Waals surface area contributed by atoms with Crippen LogP contribution in [-0.2, 0) is 14.9 Å². The van der Waals surface area contributed by atoms with Crippen molar-refractivity contribution in [2.45, 2.75) is 5.51 Å². The van der Waals surface area contributed by atoms with Crippen LogP contribution in [0.1, 0.15) is 10.4 Å². The number of ether oxygens (including phenoxy) is 1.